The summed E-state index contributed by atoms with van der Waals surface area (Å²) in [4.78, 5) is 21.2. The Morgan fingerprint density at radius 2 is 2.06 bits per heavy atom. The zero-order chi connectivity index (χ0) is 23.7. The lowest BCUT2D eigenvalue weighted by Crippen LogP contribution is -2.43. The molecule has 3 aromatic rings. The van der Waals surface area contributed by atoms with Gasteiger partial charge in [-0.2, -0.15) is 0 Å². The fourth-order valence-corrected chi connectivity index (χ4v) is 5.13. The number of pyridine rings is 1. The molecule has 1 aliphatic heterocycles. The number of hydrogen-bond acceptors (Lipinski definition) is 7. The van der Waals surface area contributed by atoms with Crippen LogP contribution in [0.1, 0.15) is 41.3 Å². The number of aromatic nitrogens is 3. The summed E-state index contributed by atoms with van der Waals surface area (Å²) < 4.78 is 14.2. The van der Waals surface area contributed by atoms with Gasteiger partial charge in [0.05, 0.1) is 17.1 Å². The first-order valence-electron chi connectivity index (χ1n) is 11.7. The van der Waals surface area contributed by atoms with Gasteiger partial charge in [0, 0.05) is 43.0 Å². The van der Waals surface area contributed by atoms with Gasteiger partial charge in [-0.05, 0) is 68.0 Å². The highest BCUT2D eigenvalue weighted by molar-refractivity contribution is 6.03. The molecule has 2 aromatic heterocycles. The Labute approximate surface area is 198 Å². The van der Waals surface area contributed by atoms with Gasteiger partial charge in [-0.1, -0.05) is 17.3 Å². The van der Waals surface area contributed by atoms with E-state index in [1.807, 2.05) is 25.1 Å². The summed E-state index contributed by atoms with van der Waals surface area (Å²) in [5.41, 5.74) is 12.1. The van der Waals surface area contributed by atoms with E-state index in [1.54, 1.807) is 18.5 Å². The summed E-state index contributed by atoms with van der Waals surface area (Å²) >= 11 is 0. The lowest BCUT2D eigenvalue weighted by Gasteiger charge is -2.35. The van der Waals surface area contributed by atoms with Crippen LogP contribution in [0, 0.1) is 18.7 Å². The molecule has 34 heavy (non-hydrogen) atoms. The lowest BCUT2D eigenvalue weighted by molar-refractivity contribution is 0.0738. The van der Waals surface area contributed by atoms with Crippen LogP contribution in [-0.4, -0.2) is 52.3 Å². The summed E-state index contributed by atoms with van der Waals surface area (Å²) in [6.45, 7) is 4.72. The van der Waals surface area contributed by atoms with Crippen LogP contribution < -0.4 is 5.73 Å². The van der Waals surface area contributed by atoms with E-state index in [0.29, 0.717) is 25.4 Å². The summed E-state index contributed by atoms with van der Waals surface area (Å²) in [6, 6.07) is 8.74. The number of benzene rings is 1. The molecule has 0 saturated carbocycles. The van der Waals surface area contributed by atoms with Crippen molar-refractivity contribution in [2.45, 2.75) is 32.1 Å². The van der Waals surface area contributed by atoms with Crippen molar-refractivity contribution < 1.29 is 9.23 Å². The van der Waals surface area contributed by atoms with E-state index in [0.717, 1.165) is 58.9 Å². The molecule has 5 rings (SSSR count). The molecular weight excluding hydrogens is 431 g/mol. The fourth-order valence-electron chi connectivity index (χ4n) is 5.13. The molecule has 1 fully saturated rings. The number of nitrogens with zero attached hydrogens (tertiary/aromatic N) is 5. The van der Waals surface area contributed by atoms with E-state index in [9.17, 15) is 4.39 Å². The molecule has 8 heteroatoms. The Morgan fingerprint density at radius 1 is 1.21 bits per heavy atom. The molecule has 176 valence electrons. The Balaban J connectivity index is 1.46. The molecule has 0 spiro atoms. The molecule has 1 aromatic carbocycles. The minimum absolute atomic E-state index is 0.0413. The van der Waals surface area contributed by atoms with Crippen molar-refractivity contribution in [1.29, 1.82) is 0 Å². The molecule has 1 aliphatic carbocycles. The van der Waals surface area contributed by atoms with Gasteiger partial charge in [-0.3, -0.25) is 4.98 Å². The summed E-state index contributed by atoms with van der Waals surface area (Å²) in [5, 5.41) is 4.56. The molecule has 0 radical (unpaired) electrons. The van der Waals surface area contributed by atoms with E-state index in [2.05, 4.69) is 32.1 Å². The highest BCUT2D eigenvalue weighted by atomic mass is 19.1. The number of aryl methyl sites for hydroxylation is 1. The summed E-state index contributed by atoms with van der Waals surface area (Å²) in [7, 11) is 2.13. The molecule has 0 amide bonds. The van der Waals surface area contributed by atoms with Crippen LogP contribution in [0.4, 0.5) is 10.3 Å². The Hall–Kier alpha value is -3.39. The molecule has 0 bridgehead atoms. The SMILES string of the molecule is Cc1nc(N)nc2c1/C(=N/OCCC1CN(C)C1)CC(c1ccc(F)cc1-c1cccnc1)C2. The Morgan fingerprint density at radius 3 is 2.82 bits per heavy atom. The van der Waals surface area contributed by atoms with Crippen molar-refractivity contribution in [2.24, 2.45) is 11.1 Å². The second kappa shape index (κ2) is 9.46. The quantitative estimate of drug-likeness (QED) is 0.442. The number of halogens is 1. The average molecular weight is 461 g/mol. The number of hydrogen-bond donors (Lipinski definition) is 1. The van der Waals surface area contributed by atoms with Crippen LogP contribution in [-0.2, 0) is 11.3 Å². The van der Waals surface area contributed by atoms with Gasteiger partial charge < -0.3 is 15.5 Å². The molecule has 1 atom stereocenters. The van der Waals surface area contributed by atoms with E-state index in [4.69, 9.17) is 10.6 Å². The molecular formula is C26H29FN6O. The van der Waals surface area contributed by atoms with Crippen LogP contribution in [0.2, 0.25) is 0 Å². The zero-order valence-electron chi connectivity index (χ0n) is 19.5. The predicted molar refractivity (Wildman–Crippen MR) is 130 cm³/mol. The average Bonchev–Trinajstić information content (AvgIpc) is 2.80. The number of fused-ring (bicyclic) bond motifs is 1. The third-order valence-electron chi connectivity index (χ3n) is 6.71. The van der Waals surface area contributed by atoms with E-state index >= 15 is 0 Å². The highest BCUT2D eigenvalue weighted by Gasteiger charge is 2.31. The normalized spacial score (nSPS) is 19.6. The van der Waals surface area contributed by atoms with Gasteiger partial charge in [0.15, 0.2) is 0 Å². The topological polar surface area (TPSA) is 89.5 Å². The van der Waals surface area contributed by atoms with Crippen molar-refractivity contribution in [3.05, 3.63) is 71.1 Å². The molecule has 2 N–H and O–H groups in total. The van der Waals surface area contributed by atoms with Crippen LogP contribution in [0.3, 0.4) is 0 Å². The Kier molecular flexibility index (Phi) is 6.24. The first-order valence-corrected chi connectivity index (χ1v) is 11.7. The number of anilines is 1. The number of nitrogen functional groups attached to an aromatic ring is 1. The summed E-state index contributed by atoms with van der Waals surface area (Å²) in [5.74, 6) is 0.681. The first-order chi connectivity index (χ1) is 16.5. The van der Waals surface area contributed by atoms with E-state index < -0.39 is 0 Å². The second-order valence-corrected chi connectivity index (χ2v) is 9.31. The lowest BCUT2D eigenvalue weighted by atomic mass is 9.78. The van der Waals surface area contributed by atoms with E-state index in [1.165, 1.54) is 6.07 Å². The molecule has 1 saturated heterocycles. The van der Waals surface area contributed by atoms with Gasteiger partial charge in [0.25, 0.3) is 0 Å². The van der Waals surface area contributed by atoms with Crippen molar-refractivity contribution in [3.8, 4) is 11.1 Å². The number of nitrogens with two attached hydrogens (primary N) is 1. The van der Waals surface area contributed by atoms with Crippen molar-refractivity contribution in [2.75, 3.05) is 32.5 Å². The molecule has 1 unspecified atom stereocenters. The highest BCUT2D eigenvalue weighted by Crippen LogP contribution is 2.38. The smallest absolute Gasteiger partial charge is 0.220 e. The van der Waals surface area contributed by atoms with Gasteiger partial charge >= 0.3 is 0 Å². The molecule has 3 heterocycles. The predicted octanol–water partition coefficient (Wildman–Crippen LogP) is 3.97. The zero-order valence-corrected chi connectivity index (χ0v) is 19.5. The number of rotatable bonds is 6. The number of oxime groups is 1. The van der Waals surface area contributed by atoms with Crippen molar-refractivity contribution in [1.82, 2.24) is 19.9 Å². The molecule has 7 nitrogen and oxygen atoms in total. The maximum atomic E-state index is 14.2. The third kappa shape index (κ3) is 4.63. The van der Waals surface area contributed by atoms with Gasteiger partial charge in [0.2, 0.25) is 5.95 Å². The van der Waals surface area contributed by atoms with Crippen LogP contribution in [0.15, 0.2) is 47.9 Å². The number of likely N-dealkylation sites (tertiary alicyclic amines) is 1. The van der Waals surface area contributed by atoms with Gasteiger partial charge in [-0.25, -0.2) is 14.4 Å². The van der Waals surface area contributed by atoms with Crippen molar-refractivity contribution in [3.63, 3.8) is 0 Å². The molecule has 2 aliphatic rings. The third-order valence-corrected chi connectivity index (χ3v) is 6.71. The largest absolute Gasteiger partial charge is 0.396 e. The standard InChI is InChI=1S/C26H29FN6O/c1-16-25-23(31-26(28)30-16)10-19(11-24(25)32-34-9-7-17-14-33(2)15-17)21-6-5-20(27)12-22(21)18-4-3-8-29-13-18/h3-6,8,12-13,17,19H,7,9-11,14-15H2,1-2H3,(H2,28,30,31)/b32-24+. The first kappa shape index (κ1) is 22.4. The van der Waals surface area contributed by atoms with E-state index in [-0.39, 0.29) is 17.7 Å². The van der Waals surface area contributed by atoms with Crippen molar-refractivity contribution >= 4 is 11.7 Å². The van der Waals surface area contributed by atoms with Crippen LogP contribution in [0.5, 0.6) is 0 Å². The minimum Gasteiger partial charge on any atom is -0.396 e. The summed E-state index contributed by atoms with van der Waals surface area (Å²) in [6.07, 6.45) is 5.76. The van der Waals surface area contributed by atoms with Gasteiger partial charge in [-0.15, -0.1) is 0 Å². The van der Waals surface area contributed by atoms with Crippen LogP contribution in [0.25, 0.3) is 11.1 Å². The fraction of sp³-hybridized carbons (Fsp3) is 0.385. The Bertz CT molecular complexity index is 1210. The maximum absolute atomic E-state index is 14.2. The van der Waals surface area contributed by atoms with Crippen LogP contribution >= 0.6 is 0 Å². The minimum atomic E-state index is -0.278. The monoisotopic (exact) mass is 460 g/mol. The van der Waals surface area contributed by atoms with Gasteiger partial charge in [0.1, 0.15) is 12.4 Å². The maximum Gasteiger partial charge on any atom is 0.220 e. The second-order valence-electron chi connectivity index (χ2n) is 9.31.